The van der Waals surface area contributed by atoms with Gasteiger partial charge in [0.15, 0.2) is 0 Å². The van der Waals surface area contributed by atoms with Crippen molar-refractivity contribution in [2.45, 2.75) is 13.8 Å². The third kappa shape index (κ3) is 10.3. The molecule has 0 aliphatic heterocycles. The molecule has 0 aliphatic rings. The number of hydrogen-bond acceptors (Lipinski definition) is 6. The molecule has 0 atom stereocenters. The van der Waals surface area contributed by atoms with Gasteiger partial charge in [0.2, 0.25) is 0 Å². The Labute approximate surface area is 238 Å². The van der Waals surface area contributed by atoms with Crippen LogP contribution in [-0.2, 0) is 19.1 Å². The van der Waals surface area contributed by atoms with Gasteiger partial charge in [-0.15, -0.1) is 0 Å². The Balaban J connectivity index is 1.59. The Bertz CT molecular complexity index is 1540. The van der Waals surface area contributed by atoms with E-state index in [0.717, 1.165) is 23.7 Å². The monoisotopic (exact) mass is 552 g/mol. The van der Waals surface area contributed by atoms with Crippen molar-refractivity contribution < 1.29 is 32.9 Å². The zero-order valence-electron chi connectivity index (χ0n) is 22.7. The minimum absolute atomic E-state index is 0.282. The lowest BCUT2D eigenvalue weighted by molar-refractivity contribution is -0.134. The molecular weight excluding hydrogens is 523 g/mol. The standard InChI is InChI=1S/C34H29FO6/c1-24(2)33(36)40-19-17-38-30-9-5-7-26(21-30)11-12-28-14-16-29(32(35)23-28)15-13-27-8-6-10-31(22-27)39-18-20-41-34(37)25(3)4/h5-23H,1,3H2,2,4H3. The van der Waals surface area contributed by atoms with Gasteiger partial charge >= 0.3 is 11.9 Å². The SMILES string of the molecule is C=C(C)C(=O)OC=COc1cccc(C=Cc2ccc(C=Cc3cccc(OC=COC(=O)C(=C)C)c3)c(F)c2)c1. The Morgan fingerprint density at radius 1 is 0.634 bits per heavy atom. The predicted molar refractivity (Wildman–Crippen MR) is 158 cm³/mol. The van der Waals surface area contributed by atoms with Crippen molar-refractivity contribution in [1.82, 2.24) is 0 Å². The van der Waals surface area contributed by atoms with Crippen molar-refractivity contribution >= 4 is 36.2 Å². The third-order valence-corrected chi connectivity index (χ3v) is 5.23. The van der Waals surface area contributed by atoms with E-state index in [2.05, 4.69) is 13.2 Å². The molecule has 7 heteroatoms. The molecule has 6 nitrogen and oxygen atoms in total. The number of hydrogen-bond donors (Lipinski definition) is 0. The lowest BCUT2D eigenvalue weighted by Crippen LogP contribution is -1.99. The van der Waals surface area contributed by atoms with Crippen molar-refractivity contribution in [3.05, 3.63) is 144 Å². The summed E-state index contributed by atoms with van der Waals surface area (Å²) < 4.78 is 35.4. The molecule has 0 N–H and O–H groups in total. The topological polar surface area (TPSA) is 71.1 Å². The number of esters is 2. The highest BCUT2D eigenvalue weighted by Crippen LogP contribution is 2.20. The van der Waals surface area contributed by atoms with Crippen molar-refractivity contribution in [2.75, 3.05) is 0 Å². The van der Waals surface area contributed by atoms with Gasteiger partial charge in [-0.1, -0.05) is 73.9 Å². The largest absolute Gasteiger partial charge is 0.462 e. The van der Waals surface area contributed by atoms with Gasteiger partial charge in [-0.2, -0.15) is 0 Å². The Hall–Kier alpha value is -5.43. The molecule has 0 fully saturated rings. The van der Waals surface area contributed by atoms with Crippen LogP contribution in [0.25, 0.3) is 24.3 Å². The third-order valence-electron chi connectivity index (χ3n) is 5.23. The fraction of sp³-hybridized carbons (Fsp3) is 0.0588. The average Bonchev–Trinajstić information content (AvgIpc) is 2.96. The highest BCUT2D eigenvalue weighted by molar-refractivity contribution is 5.87. The second-order valence-corrected chi connectivity index (χ2v) is 8.74. The van der Waals surface area contributed by atoms with E-state index >= 15 is 0 Å². The van der Waals surface area contributed by atoms with E-state index in [-0.39, 0.29) is 17.0 Å². The molecule has 0 radical (unpaired) electrons. The van der Waals surface area contributed by atoms with E-state index in [1.807, 2.05) is 30.3 Å². The zero-order valence-corrected chi connectivity index (χ0v) is 22.7. The molecule has 0 unspecified atom stereocenters. The van der Waals surface area contributed by atoms with Crippen LogP contribution < -0.4 is 9.47 Å². The van der Waals surface area contributed by atoms with Gasteiger partial charge in [0, 0.05) is 16.7 Å². The molecule has 0 amide bonds. The van der Waals surface area contributed by atoms with Crippen molar-refractivity contribution in [1.29, 1.82) is 0 Å². The summed E-state index contributed by atoms with van der Waals surface area (Å²) in [6.07, 6.45) is 11.9. The van der Waals surface area contributed by atoms with Crippen molar-refractivity contribution in [3.8, 4) is 11.5 Å². The van der Waals surface area contributed by atoms with Gasteiger partial charge < -0.3 is 18.9 Å². The number of rotatable bonds is 12. The molecule has 0 aromatic heterocycles. The first kappa shape index (κ1) is 30.1. The summed E-state index contributed by atoms with van der Waals surface area (Å²) in [5.41, 5.74) is 3.31. The van der Waals surface area contributed by atoms with Gasteiger partial charge in [0.1, 0.15) is 42.4 Å². The molecule has 0 saturated carbocycles. The van der Waals surface area contributed by atoms with Crippen LogP contribution >= 0.6 is 0 Å². The summed E-state index contributed by atoms with van der Waals surface area (Å²) in [5, 5.41) is 0. The van der Waals surface area contributed by atoms with Crippen LogP contribution in [-0.4, -0.2) is 11.9 Å². The molecule has 0 spiro atoms. The molecule has 208 valence electrons. The first-order valence-corrected chi connectivity index (χ1v) is 12.4. The van der Waals surface area contributed by atoms with Crippen LogP contribution in [0.3, 0.4) is 0 Å². The average molecular weight is 553 g/mol. The van der Waals surface area contributed by atoms with Gasteiger partial charge in [-0.3, -0.25) is 0 Å². The minimum Gasteiger partial charge on any atom is -0.462 e. The van der Waals surface area contributed by atoms with Crippen LogP contribution in [0, 0.1) is 5.82 Å². The zero-order chi connectivity index (χ0) is 29.6. The van der Waals surface area contributed by atoms with Gasteiger partial charge in [-0.05, 0) is 60.9 Å². The number of halogens is 1. The summed E-state index contributed by atoms with van der Waals surface area (Å²) >= 11 is 0. The second-order valence-electron chi connectivity index (χ2n) is 8.74. The summed E-state index contributed by atoms with van der Waals surface area (Å²) in [6, 6.07) is 19.3. The number of carbonyl (C=O) groups excluding carboxylic acids is 2. The molecule has 3 aromatic carbocycles. The summed E-state index contributed by atoms with van der Waals surface area (Å²) in [6.45, 7) is 10.1. The number of carbonyl (C=O) groups is 2. The molecule has 0 heterocycles. The highest BCUT2D eigenvalue weighted by atomic mass is 19.1. The molecule has 0 aliphatic carbocycles. The lowest BCUT2D eigenvalue weighted by atomic mass is 10.1. The van der Waals surface area contributed by atoms with Gasteiger partial charge in [0.25, 0.3) is 0 Å². The maximum atomic E-state index is 14.8. The van der Waals surface area contributed by atoms with Crippen LogP contribution in [0.5, 0.6) is 11.5 Å². The second kappa shape index (κ2) is 15.2. The van der Waals surface area contributed by atoms with E-state index in [9.17, 15) is 14.0 Å². The molecule has 0 saturated heterocycles. The molecule has 3 aromatic rings. The minimum atomic E-state index is -0.543. The van der Waals surface area contributed by atoms with E-state index < -0.39 is 11.9 Å². The Morgan fingerprint density at radius 2 is 1.10 bits per heavy atom. The van der Waals surface area contributed by atoms with E-state index in [0.29, 0.717) is 22.6 Å². The van der Waals surface area contributed by atoms with E-state index in [4.69, 9.17) is 18.9 Å². The van der Waals surface area contributed by atoms with Crippen LogP contribution in [0.1, 0.15) is 36.1 Å². The number of ether oxygens (including phenoxy) is 4. The first-order valence-electron chi connectivity index (χ1n) is 12.4. The molecular formula is C34H29FO6. The maximum absolute atomic E-state index is 14.8. The van der Waals surface area contributed by atoms with E-state index in [1.54, 1.807) is 68.5 Å². The lowest BCUT2D eigenvalue weighted by Gasteiger charge is -2.03. The molecule has 41 heavy (non-hydrogen) atoms. The van der Waals surface area contributed by atoms with Gasteiger partial charge in [-0.25, -0.2) is 14.0 Å². The molecule has 3 rings (SSSR count). The Kier molecular flexibility index (Phi) is 11.2. The summed E-state index contributed by atoms with van der Waals surface area (Å²) in [4.78, 5) is 22.7. The Morgan fingerprint density at radius 3 is 1.56 bits per heavy atom. The van der Waals surface area contributed by atoms with E-state index in [1.165, 1.54) is 18.6 Å². The maximum Gasteiger partial charge on any atom is 0.338 e. The van der Waals surface area contributed by atoms with Crippen LogP contribution in [0.15, 0.2) is 116 Å². The highest BCUT2D eigenvalue weighted by Gasteiger charge is 2.02. The first-order chi connectivity index (χ1) is 19.7. The van der Waals surface area contributed by atoms with Crippen LogP contribution in [0.2, 0.25) is 0 Å². The fourth-order valence-corrected chi connectivity index (χ4v) is 3.14. The number of benzene rings is 3. The van der Waals surface area contributed by atoms with Crippen molar-refractivity contribution in [2.24, 2.45) is 0 Å². The smallest absolute Gasteiger partial charge is 0.338 e. The predicted octanol–water partition coefficient (Wildman–Crippen LogP) is 8.11. The summed E-state index contributed by atoms with van der Waals surface area (Å²) in [5.74, 6) is -0.390. The normalized spacial score (nSPS) is 11.3. The van der Waals surface area contributed by atoms with Crippen molar-refractivity contribution in [3.63, 3.8) is 0 Å². The van der Waals surface area contributed by atoms with Gasteiger partial charge in [0.05, 0.1) is 0 Å². The summed E-state index contributed by atoms with van der Waals surface area (Å²) in [7, 11) is 0. The fourth-order valence-electron chi connectivity index (χ4n) is 3.14. The molecule has 0 bridgehead atoms. The van der Waals surface area contributed by atoms with Crippen LogP contribution in [0.4, 0.5) is 4.39 Å². The quantitative estimate of drug-likeness (QED) is 0.0978.